The Kier molecular flexibility index (Phi) is 3.34. The van der Waals surface area contributed by atoms with Crippen molar-refractivity contribution in [3.63, 3.8) is 0 Å². The second-order valence-electron chi connectivity index (χ2n) is 5.72. The SMILES string of the molecule is CC1(c2ccccc2)CC(=O)NC(=O)C1c1ccccc1. The molecule has 1 saturated heterocycles. The molecule has 0 bridgehead atoms. The first-order valence-electron chi connectivity index (χ1n) is 7.05. The maximum atomic E-state index is 12.5. The van der Waals surface area contributed by atoms with Crippen LogP contribution in [0.2, 0.25) is 0 Å². The lowest BCUT2D eigenvalue weighted by Gasteiger charge is -2.40. The van der Waals surface area contributed by atoms with E-state index in [0.29, 0.717) is 6.42 Å². The molecule has 0 radical (unpaired) electrons. The molecule has 0 saturated carbocycles. The molecule has 1 N–H and O–H groups in total. The standard InChI is InChI=1S/C18H17NO2/c1-18(14-10-6-3-7-11-14)12-15(20)19-17(21)16(18)13-8-4-2-5-9-13/h2-11,16H,12H2,1H3,(H,19,20,21). The van der Waals surface area contributed by atoms with Crippen LogP contribution in [0.15, 0.2) is 60.7 Å². The van der Waals surface area contributed by atoms with Gasteiger partial charge in [-0.15, -0.1) is 0 Å². The van der Waals surface area contributed by atoms with Crippen LogP contribution < -0.4 is 5.32 Å². The highest BCUT2D eigenvalue weighted by Crippen LogP contribution is 2.43. The lowest BCUT2D eigenvalue weighted by atomic mass is 9.65. The number of carbonyl (C=O) groups is 2. The van der Waals surface area contributed by atoms with Crippen LogP contribution in [-0.2, 0) is 15.0 Å². The second-order valence-corrected chi connectivity index (χ2v) is 5.72. The highest BCUT2D eigenvalue weighted by atomic mass is 16.2. The molecular formula is C18H17NO2. The van der Waals surface area contributed by atoms with Gasteiger partial charge >= 0.3 is 0 Å². The number of hydrogen-bond acceptors (Lipinski definition) is 2. The maximum Gasteiger partial charge on any atom is 0.235 e. The van der Waals surface area contributed by atoms with Crippen molar-refractivity contribution < 1.29 is 9.59 Å². The van der Waals surface area contributed by atoms with Crippen molar-refractivity contribution in [2.45, 2.75) is 24.7 Å². The fourth-order valence-electron chi connectivity index (χ4n) is 3.23. The molecule has 3 heteroatoms. The van der Waals surface area contributed by atoms with Crippen LogP contribution in [0.3, 0.4) is 0 Å². The molecule has 2 aromatic rings. The van der Waals surface area contributed by atoms with Crippen molar-refractivity contribution in [1.29, 1.82) is 0 Å². The number of carbonyl (C=O) groups excluding carboxylic acids is 2. The summed E-state index contributed by atoms with van der Waals surface area (Å²) in [6.45, 7) is 2.00. The predicted octanol–water partition coefficient (Wildman–Crippen LogP) is 2.77. The minimum Gasteiger partial charge on any atom is -0.296 e. The number of nitrogens with one attached hydrogen (secondary N) is 1. The Morgan fingerprint density at radius 3 is 2.14 bits per heavy atom. The monoisotopic (exact) mass is 279 g/mol. The van der Waals surface area contributed by atoms with E-state index in [1.807, 2.05) is 67.6 Å². The van der Waals surface area contributed by atoms with Crippen LogP contribution in [0, 0.1) is 0 Å². The Morgan fingerprint density at radius 2 is 1.52 bits per heavy atom. The lowest BCUT2D eigenvalue weighted by Crippen LogP contribution is -2.51. The zero-order valence-corrected chi connectivity index (χ0v) is 11.9. The summed E-state index contributed by atoms with van der Waals surface area (Å²) in [4.78, 5) is 24.4. The smallest absolute Gasteiger partial charge is 0.235 e. The zero-order valence-electron chi connectivity index (χ0n) is 11.9. The largest absolute Gasteiger partial charge is 0.296 e. The minimum absolute atomic E-state index is 0.210. The van der Waals surface area contributed by atoms with E-state index in [9.17, 15) is 9.59 Å². The second kappa shape index (κ2) is 5.17. The van der Waals surface area contributed by atoms with Gasteiger partial charge in [0.2, 0.25) is 11.8 Å². The van der Waals surface area contributed by atoms with Gasteiger partial charge in [-0.3, -0.25) is 14.9 Å². The third-order valence-corrected chi connectivity index (χ3v) is 4.26. The van der Waals surface area contributed by atoms with E-state index < -0.39 is 5.41 Å². The van der Waals surface area contributed by atoms with Crippen molar-refractivity contribution in [3.05, 3.63) is 71.8 Å². The van der Waals surface area contributed by atoms with E-state index in [2.05, 4.69) is 5.32 Å². The van der Waals surface area contributed by atoms with E-state index in [1.165, 1.54) is 0 Å². The molecule has 2 aromatic carbocycles. The summed E-state index contributed by atoms with van der Waals surface area (Å²) in [5.41, 5.74) is 1.43. The summed E-state index contributed by atoms with van der Waals surface area (Å²) in [6.07, 6.45) is 0.308. The van der Waals surface area contributed by atoms with Crippen molar-refractivity contribution in [2.75, 3.05) is 0 Å². The van der Waals surface area contributed by atoms with Crippen LogP contribution >= 0.6 is 0 Å². The van der Waals surface area contributed by atoms with Crippen LogP contribution in [-0.4, -0.2) is 11.8 Å². The molecule has 1 heterocycles. The molecule has 2 unspecified atom stereocenters. The molecule has 0 aromatic heterocycles. The number of amides is 2. The molecule has 1 aliphatic heterocycles. The summed E-state index contributed by atoms with van der Waals surface area (Å²) >= 11 is 0. The topological polar surface area (TPSA) is 46.2 Å². The van der Waals surface area contributed by atoms with Crippen LogP contribution in [0.25, 0.3) is 0 Å². The van der Waals surface area contributed by atoms with Gasteiger partial charge in [-0.2, -0.15) is 0 Å². The van der Waals surface area contributed by atoms with Gasteiger partial charge in [0, 0.05) is 11.8 Å². The van der Waals surface area contributed by atoms with Gasteiger partial charge in [0.05, 0.1) is 5.92 Å². The summed E-state index contributed by atoms with van der Waals surface area (Å²) in [6, 6.07) is 19.5. The quantitative estimate of drug-likeness (QED) is 0.859. The first-order chi connectivity index (χ1) is 10.1. The molecule has 0 aliphatic carbocycles. The fraction of sp³-hybridized carbons (Fsp3) is 0.222. The Labute approximate surface area is 124 Å². The molecule has 21 heavy (non-hydrogen) atoms. The van der Waals surface area contributed by atoms with Gasteiger partial charge in [-0.1, -0.05) is 67.6 Å². The average molecular weight is 279 g/mol. The van der Waals surface area contributed by atoms with E-state index in [1.54, 1.807) is 0 Å². The normalized spacial score (nSPS) is 25.5. The molecule has 2 amide bonds. The molecule has 3 rings (SSSR count). The minimum atomic E-state index is -0.526. The molecule has 0 spiro atoms. The molecular weight excluding hydrogens is 262 g/mol. The summed E-state index contributed by atoms with van der Waals surface area (Å²) < 4.78 is 0. The maximum absolute atomic E-state index is 12.5. The van der Waals surface area contributed by atoms with E-state index in [-0.39, 0.29) is 17.7 Å². The highest BCUT2D eigenvalue weighted by Gasteiger charge is 2.46. The van der Waals surface area contributed by atoms with Gasteiger partial charge in [0.15, 0.2) is 0 Å². The van der Waals surface area contributed by atoms with Crippen molar-refractivity contribution >= 4 is 11.8 Å². The number of rotatable bonds is 2. The lowest BCUT2D eigenvalue weighted by molar-refractivity contribution is -0.137. The molecule has 2 atom stereocenters. The molecule has 106 valence electrons. The van der Waals surface area contributed by atoms with Gasteiger partial charge < -0.3 is 0 Å². The number of hydrogen-bond donors (Lipinski definition) is 1. The van der Waals surface area contributed by atoms with E-state index >= 15 is 0 Å². The van der Waals surface area contributed by atoms with Gasteiger partial charge in [-0.25, -0.2) is 0 Å². The average Bonchev–Trinajstić information content (AvgIpc) is 2.48. The first kappa shape index (κ1) is 13.6. The Bertz CT molecular complexity index is 666. The van der Waals surface area contributed by atoms with Crippen LogP contribution in [0.4, 0.5) is 0 Å². The Morgan fingerprint density at radius 1 is 0.952 bits per heavy atom. The van der Waals surface area contributed by atoms with Gasteiger partial charge in [0.25, 0.3) is 0 Å². The van der Waals surface area contributed by atoms with Crippen molar-refractivity contribution in [1.82, 2.24) is 5.32 Å². The van der Waals surface area contributed by atoms with Gasteiger partial charge in [0.1, 0.15) is 0 Å². The fourth-order valence-corrected chi connectivity index (χ4v) is 3.23. The Balaban J connectivity index is 2.14. The predicted molar refractivity (Wildman–Crippen MR) is 80.7 cm³/mol. The summed E-state index contributed by atoms with van der Waals surface area (Å²) in [5, 5.41) is 2.47. The summed E-state index contributed by atoms with van der Waals surface area (Å²) in [7, 11) is 0. The van der Waals surface area contributed by atoms with Crippen molar-refractivity contribution in [3.8, 4) is 0 Å². The third-order valence-electron chi connectivity index (χ3n) is 4.26. The van der Waals surface area contributed by atoms with Crippen LogP contribution in [0.1, 0.15) is 30.4 Å². The van der Waals surface area contributed by atoms with E-state index in [4.69, 9.17) is 0 Å². The third kappa shape index (κ3) is 2.35. The highest BCUT2D eigenvalue weighted by molar-refractivity contribution is 6.03. The first-order valence-corrected chi connectivity index (χ1v) is 7.05. The molecule has 1 fully saturated rings. The summed E-state index contributed by atoms with van der Waals surface area (Å²) in [5.74, 6) is -0.791. The molecule has 1 aliphatic rings. The van der Waals surface area contributed by atoms with Crippen molar-refractivity contribution in [2.24, 2.45) is 0 Å². The number of benzene rings is 2. The zero-order chi connectivity index (χ0) is 14.9. The Hall–Kier alpha value is -2.42. The van der Waals surface area contributed by atoms with E-state index in [0.717, 1.165) is 11.1 Å². The molecule has 3 nitrogen and oxygen atoms in total. The number of imide groups is 1. The van der Waals surface area contributed by atoms with Gasteiger partial charge in [-0.05, 0) is 11.1 Å². The van der Waals surface area contributed by atoms with Crippen LogP contribution in [0.5, 0.6) is 0 Å². The number of piperidine rings is 1.